The molecular weight excluding hydrogens is 298 g/mol. The highest BCUT2D eigenvalue weighted by Gasteiger charge is 2.09. The highest BCUT2D eigenvalue weighted by atomic mass is 16.1. The maximum Gasteiger partial charge on any atom is 0.220 e. The van der Waals surface area contributed by atoms with Gasteiger partial charge < -0.3 is 9.88 Å². The molecule has 0 spiro atoms. The van der Waals surface area contributed by atoms with Crippen molar-refractivity contribution in [2.45, 2.75) is 64.8 Å². The summed E-state index contributed by atoms with van der Waals surface area (Å²) in [6, 6.07) is 8.26. The molecule has 1 unspecified atom stereocenters. The summed E-state index contributed by atoms with van der Waals surface area (Å²) in [4.78, 5) is 16.1. The molecular formula is C20H29N3O. The van der Waals surface area contributed by atoms with Crippen molar-refractivity contribution < 1.29 is 4.79 Å². The maximum atomic E-state index is 12.0. The Morgan fingerprint density at radius 2 is 1.83 bits per heavy atom. The number of carbonyl (C=O) groups excluding carboxylic acids is 1. The van der Waals surface area contributed by atoms with Gasteiger partial charge in [-0.15, -0.1) is 0 Å². The lowest BCUT2D eigenvalue weighted by Crippen LogP contribution is -2.26. The number of rotatable bonds is 10. The second-order valence-corrected chi connectivity index (χ2v) is 6.37. The molecule has 130 valence electrons. The van der Waals surface area contributed by atoms with Crippen molar-refractivity contribution in [3.63, 3.8) is 0 Å². The molecule has 1 aromatic carbocycles. The quantitative estimate of drug-likeness (QED) is 0.637. The van der Waals surface area contributed by atoms with Crippen LogP contribution in [-0.4, -0.2) is 15.5 Å². The molecule has 0 aliphatic carbocycles. The summed E-state index contributed by atoms with van der Waals surface area (Å²) in [5, 5.41) is 3.09. The second-order valence-electron chi connectivity index (χ2n) is 6.37. The molecule has 0 aliphatic rings. The SMILES string of the molecule is CCCCCCCCC(=O)NC(C)c1ccc(-n2ccnc2)cc1. The molecule has 0 fully saturated rings. The number of amides is 1. The lowest BCUT2D eigenvalue weighted by Gasteiger charge is -2.15. The van der Waals surface area contributed by atoms with E-state index in [1.807, 2.05) is 29.8 Å². The Labute approximate surface area is 145 Å². The first-order valence-corrected chi connectivity index (χ1v) is 9.08. The molecule has 1 atom stereocenters. The number of imidazole rings is 1. The number of nitrogens with one attached hydrogen (secondary N) is 1. The summed E-state index contributed by atoms with van der Waals surface area (Å²) in [5.41, 5.74) is 2.19. The van der Waals surface area contributed by atoms with Crippen LogP contribution in [0.5, 0.6) is 0 Å². The van der Waals surface area contributed by atoms with Crippen molar-refractivity contribution in [3.05, 3.63) is 48.5 Å². The van der Waals surface area contributed by atoms with Crippen molar-refractivity contribution in [1.82, 2.24) is 14.9 Å². The average Bonchev–Trinajstić information content (AvgIpc) is 3.12. The standard InChI is InChI=1S/C20H29N3O/c1-3-4-5-6-7-8-9-20(24)22-17(2)18-10-12-19(13-11-18)23-15-14-21-16-23/h10-17H,3-9H2,1-2H3,(H,22,24). The first kappa shape index (κ1) is 18.2. The van der Waals surface area contributed by atoms with Crippen LogP contribution in [0.15, 0.2) is 43.0 Å². The summed E-state index contributed by atoms with van der Waals surface area (Å²) in [7, 11) is 0. The number of hydrogen-bond donors (Lipinski definition) is 1. The zero-order chi connectivity index (χ0) is 17.2. The normalized spacial score (nSPS) is 12.1. The Morgan fingerprint density at radius 1 is 1.12 bits per heavy atom. The smallest absolute Gasteiger partial charge is 0.220 e. The van der Waals surface area contributed by atoms with Gasteiger partial charge in [-0.25, -0.2) is 4.98 Å². The van der Waals surface area contributed by atoms with Crippen LogP contribution in [0.2, 0.25) is 0 Å². The van der Waals surface area contributed by atoms with Crippen molar-refractivity contribution in [1.29, 1.82) is 0 Å². The van der Waals surface area contributed by atoms with E-state index in [0.29, 0.717) is 6.42 Å². The lowest BCUT2D eigenvalue weighted by atomic mass is 10.1. The van der Waals surface area contributed by atoms with Gasteiger partial charge in [0.1, 0.15) is 0 Å². The molecule has 1 amide bonds. The first-order chi connectivity index (χ1) is 11.7. The molecule has 0 bridgehead atoms. The predicted molar refractivity (Wildman–Crippen MR) is 98.1 cm³/mol. The van der Waals surface area contributed by atoms with Gasteiger partial charge in [-0.05, 0) is 31.0 Å². The van der Waals surface area contributed by atoms with Crippen LogP contribution in [0, 0.1) is 0 Å². The third-order valence-electron chi connectivity index (χ3n) is 4.33. The first-order valence-electron chi connectivity index (χ1n) is 9.08. The summed E-state index contributed by atoms with van der Waals surface area (Å²) in [6.45, 7) is 4.25. The van der Waals surface area contributed by atoms with Crippen LogP contribution in [0.3, 0.4) is 0 Å². The van der Waals surface area contributed by atoms with E-state index in [0.717, 1.165) is 24.1 Å². The minimum Gasteiger partial charge on any atom is -0.350 e. The maximum absolute atomic E-state index is 12.0. The van der Waals surface area contributed by atoms with Gasteiger partial charge in [-0.1, -0.05) is 51.2 Å². The molecule has 1 heterocycles. The van der Waals surface area contributed by atoms with E-state index < -0.39 is 0 Å². The number of aromatic nitrogens is 2. The number of unbranched alkanes of at least 4 members (excludes halogenated alkanes) is 5. The zero-order valence-electron chi connectivity index (χ0n) is 14.9. The fraction of sp³-hybridized carbons (Fsp3) is 0.500. The van der Waals surface area contributed by atoms with E-state index in [-0.39, 0.29) is 11.9 Å². The third kappa shape index (κ3) is 5.84. The number of nitrogens with zero attached hydrogens (tertiary/aromatic N) is 2. The monoisotopic (exact) mass is 327 g/mol. The fourth-order valence-corrected chi connectivity index (χ4v) is 2.81. The van der Waals surface area contributed by atoms with E-state index in [1.165, 1.54) is 25.7 Å². The Hall–Kier alpha value is -2.10. The minimum atomic E-state index is 0.0365. The molecule has 0 saturated heterocycles. The Balaban J connectivity index is 1.73. The minimum absolute atomic E-state index is 0.0365. The van der Waals surface area contributed by atoms with Crippen LogP contribution < -0.4 is 5.32 Å². The second kappa shape index (κ2) is 9.91. The zero-order valence-corrected chi connectivity index (χ0v) is 14.9. The number of benzene rings is 1. The van der Waals surface area contributed by atoms with Crippen LogP contribution in [0.1, 0.15) is 70.4 Å². The summed E-state index contributed by atoms with van der Waals surface area (Å²) < 4.78 is 1.96. The van der Waals surface area contributed by atoms with Crippen molar-refractivity contribution in [2.24, 2.45) is 0 Å². The Bertz CT molecular complexity index is 590. The van der Waals surface area contributed by atoms with E-state index in [9.17, 15) is 4.79 Å². The highest BCUT2D eigenvalue weighted by molar-refractivity contribution is 5.76. The van der Waals surface area contributed by atoms with Gasteiger partial charge in [-0.2, -0.15) is 0 Å². The van der Waals surface area contributed by atoms with Gasteiger partial charge in [0.05, 0.1) is 12.4 Å². The van der Waals surface area contributed by atoms with Gasteiger partial charge in [0, 0.05) is 24.5 Å². The fourth-order valence-electron chi connectivity index (χ4n) is 2.81. The van der Waals surface area contributed by atoms with Crippen molar-refractivity contribution >= 4 is 5.91 Å². The van der Waals surface area contributed by atoms with E-state index in [4.69, 9.17) is 0 Å². The summed E-state index contributed by atoms with van der Waals surface area (Å²) in [6.07, 6.45) is 13.3. The molecule has 4 heteroatoms. The van der Waals surface area contributed by atoms with Gasteiger partial charge in [0.2, 0.25) is 5.91 Å². The largest absolute Gasteiger partial charge is 0.350 e. The molecule has 2 aromatic rings. The molecule has 0 saturated carbocycles. The van der Waals surface area contributed by atoms with Crippen LogP contribution in [0.25, 0.3) is 5.69 Å². The third-order valence-corrected chi connectivity index (χ3v) is 4.33. The topological polar surface area (TPSA) is 46.9 Å². The predicted octanol–water partition coefficient (Wildman–Crippen LogP) is 4.80. The number of hydrogen-bond acceptors (Lipinski definition) is 2. The van der Waals surface area contributed by atoms with Gasteiger partial charge >= 0.3 is 0 Å². The molecule has 1 aromatic heterocycles. The van der Waals surface area contributed by atoms with Crippen LogP contribution in [0.4, 0.5) is 0 Å². The van der Waals surface area contributed by atoms with Crippen molar-refractivity contribution in [2.75, 3.05) is 0 Å². The molecule has 0 aliphatic heterocycles. The molecule has 2 rings (SSSR count). The van der Waals surface area contributed by atoms with E-state index in [1.54, 1.807) is 12.5 Å². The van der Waals surface area contributed by atoms with Gasteiger partial charge in [0.15, 0.2) is 0 Å². The van der Waals surface area contributed by atoms with E-state index in [2.05, 4.69) is 29.4 Å². The average molecular weight is 327 g/mol. The van der Waals surface area contributed by atoms with Crippen LogP contribution >= 0.6 is 0 Å². The number of carbonyl (C=O) groups is 1. The molecule has 1 N–H and O–H groups in total. The van der Waals surface area contributed by atoms with Crippen molar-refractivity contribution in [3.8, 4) is 5.69 Å². The lowest BCUT2D eigenvalue weighted by molar-refractivity contribution is -0.121. The molecule has 24 heavy (non-hydrogen) atoms. The molecule has 4 nitrogen and oxygen atoms in total. The summed E-state index contributed by atoms with van der Waals surface area (Å²) in [5.74, 6) is 0.150. The van der Waals surface area contributed by atoms with Gasteiger partial charge in [0.25, 0.3) is 0 Å². The van der Waals surface area contributed by atoms with E-state index >= 15 is 0 Å². The highest BCUT2D eigenvalue weighted by Crippen LogP contribution is 2.16. The Kier molecular flexibility index (Phi) is 7.53. The Morgan fingerprint density at radius 3 is 2.50 bits per heavy atom. The van der Waals surface area contributed by atoms with Crippen LogP contribution in [-0.2, 0) is 4.79 Å². The molecule has 0 radical (unpaired) electrons. The van der Waals surface area contributed by atoms with Gasteiger partial charge in [-0.3, -0.25) is 4.79 Å². The summed E-state index contributed by atoms with van der Waals surface area (Å²) >= 11 is 0.